The van der Waals surface area contributed by atoms with Crippen LogP contribution in [0.1, 0.15) is 72.1 Å². The Labute approximate surface area is 93.6 Å². The van der Waals surface area contributed by atoms with Gasteiger partial charge in [-0.1, -0.05) is 88.1 Å². The highest BCUT2D eigenvalue weighted by atomic mass is 79.9. The van der Waals surface area contributed by atoms with Gasteiger partial charge in [0.15, 0.2) is 0 Å². The summed E-state index contributed by atoms with van der Waals surface area (Å²) in [4.78, 5) is 0. The van der Waals surface area contributed by atoms with Crippen molar-refractivity contribution < 1.29 is 0 Å². The summed E-state index contributed by atoms with van der Waals surface area (Å²) in [7, 11) is 0. The van der Waals surface area contributed by atoms with Crippen molar-refractivity contribution in [3.05, 3.63) is 0 Å². The number of unbranched alkanes of at least 4 members (excludes halogenated alkanes) is 1. The van der Waals surface area contributed by atoms with Crippen molar-refractivity contribution in [1.82, 2.24) is 0 Å². The van der Waals surface area contributed by atoms with Crippen LogP contribution in [0.4, 0.5) is 0 Å². The summed E-state index contributed by atoms with van der Waals surface area (Å²) >= 11 is 3.15. The lowest BCUT2D eigenvalue weighted by atomic mass is 10.0. The van der Waals surface area contributed by atoms with Gasteiger partial charge in [0.05, 0.1) is 0 Å². The Morgan fingerprint density at radius 2 is 0.846 bits per heavy atom. The first-order valence-electron chi connectivity index (χ1n) is 5.89. The van der Waals surface area contributed by atoms with Gasteiger partial charge in [0.2, 0.25) is 0 Å². The highest BCUT2D eigenvalue weighted by Crippen LogP contribution is 2.15. The van der Waals surface area contributed by atoms with Gasteiger partial charge in [-0.25, -0.2) is 0 Å². The van der Waals surface area contributed by atoms with E-state index in [0.29, 0.717) is 0 Å². The van der Waals surface area contributed by atoms with Crippen LogP contribution in [0.15, 0.2) is 0 Å². The fraction of sp³-hybridized carbons (Fsp3) is 1.00. The topological polar surface area (TPSA) is 0 Å². The molecule has 0 amide bonds. The van der Waals surface area contributed by atoms with Gasteiger partial charge >= 0.3 is 0 Å². The maximum absolute atomic E-state index is 3.15. The number of hydrogen-bond acceptors (Lipinski definition) is 0. The normalized spacial score (nSPS) is 14.8. The van der Waals surface area contributed by atoms with E-state index in [0.717, 1.165) is 5.33 Å². The summed E-state index contributed by atoms with van der Waals surface area (Å²) in [6.07, 6.45) is 11.6. The lowest BCUT2D eigenvalue weighted by molar-refractivity contribution is 0.504. The molecule has 1 rings (SSSR count). The Balaban J connectivity index is 0. The Kier molecular flexibility index (Phi) is 22.4. The Morgan fingerprint density at radius 3 is 0.923 bits per heavy atom. The van der Waals surface area contributed by atoms with Crippen LogP contribution in [0.2, 0.25) is 0 Å². The molecule has 0 nitrogen and oxygen atoms in total. The van der Waals surface area contributed by atoms with Gasteiger partial charge in [0, 0.05) is 5.33 Å². The van der Waals surface area contributed by atoms with E-state index in [9.17, 15) is 0 Å². The summed E-state index contributed by atoms with van der Waals surface area (Å²) in [5, 5.41) is 1.06. The molecule has 0 N–H and O–H groups in total. The zero-order valence-electron chi connectivity index (χ0n) is 9.74. The van der Waals surface area contributed by atoms with Crippen LogP contribution in [0.25, 0.3) is 0 Å². The van der Waals surface area contributed by atoms with Crippen molar-refractivity contribution >= 4 is 15.9 Å². The van der Waals surface area contributed by atoms with Crippen LogP contribution in [0.3, 0.4) is 0 Å². The largest absolute Gasteiger partial charge is 0.0931 e. The molecule has 0 heterocycles. The molecule has 0 aliphatic heterocycles. The number of rotatable bonds is 1. The van der Waals surface area contributed by atoms with Crippen molar-refractivity contribution in [2.45, 2.75) is 72.1 Å². The maximum atomic E-state index is 3.15. The molecule has 13 heavy (non-hydrogen) atoms. The molecular weight excluding hydrogens is 224 g/mol. The molecule has 0 bridgehead atoms. The minimum absolute atomic E-state index is 1.06. The molecule has 1 saturated carbocycles. The second-order valence-corrected chi connectivity index (χ2v) is 4.51. The summed E-state index contributed by atoms with van der Waals surface area (Å²) in [6, 6.07) is 0. The maximum Gasteiger partial charge on any atom is 0.000281 e. The smallest absolute Gasteiger partial charge is 0.000281 e. The molecule has 0 unspecified atom stereocenters. The molecule has 82 valence electrons. The van der Waals surface area contributed by atoms with Gasteiger partial charge < -0.3 is 0 Å². The van der Waals surface area contributed by atoms with Crippen molar-refractivity contribution in [2.75, 3.05) is 5.33 Å². The molecule has 0 aromatic rings. The van der Waals surface area contributed by atoms with Crippen LogP contribution >= 0.6 is 15.9 Å². The highest BCUT2D eigenvalue weighted by Gasteiger charge is 1.95. The average Bonchev–Trinajstić information content (AvgIpc) is 2.22. The van der Waals surface area contributed by atoms with Crippen LogP contribution < -0.4 is 0 Å². The standard InChI is InChI=1S/C6H12.C4H10.C2H5Br/c1-2-4-6-5-3-1;1-3-4-2;1-2-3/h1-6H2;3-4H2,1-2H3;2H2,1H3. The van der Waals surface area contributed by atoms with Gasteiger partial charge in [-0.3, -0.25) is 0 Å². The summed E-state index contributed by atoms with van der Waals surface area (Å²) in [5.41, 5.74) is 0. The molecule has 0 atom stereocenters. The first-order chi connectivity index (χ1) is 6.33. The predicted octanol–water partition coefficient (Wildman–Crippen LogP) is 5.55. The van der Waals surface area contributed by atoms with Gasteiger partial charge in [0.25, 0.3) is 0 Å². The second kappa shape index (κ2) is 18.3. The van der Waals surface area contributed by atoms with E-state index >= 15 is 0 Å². The van der Waals surface area contributed by atoms with E-state index in [2.05, 4.69) is 29.8 Å². The molecule has 1 heteroatoms. The summed E-state index contributed by atoms with van der Waals surface area (Å²) < 4.78 is 0. The van der Waals surface area contributed by atoms with Gasteiger partial charge in [0.1, 0.15) is 0 Å². The Bertz CT molecular complexity index is 44.6. The van der Waals surface area contributed by atoms with E-state index in [-0.39, 0.29) is 0 Å². The number of alkyl halides is 1. The van der Waals surface area contributed by atoms with Gasteiger partial charge in [-0.2, -0.15) is 0 Å². The number of hydrogen-bond donors (Lipinski definition) is 0. The van der Waals surface area contributed by atoms with Crippen LogP contribution in [-0.2, 0) is 0 Å². The van der Waals surface area contributed by atoms with Gasteiger partial charge in [-0.05, 0) is 0 Å². The predicted molar refractivity (Wildman–Crippen MR) is 67.8 cm³/mol. The molecule has 1 aliphatic rings. The monoisotopic (exact) mass is 250 g/mol. The fourth-order valence-corrected chi connectivity index (χ4v) is 1.06. The molecular formula is C12H27Br. The lowest BCUT2D eigenvalue weighted by Crippen LogP contribution is -1.85. The lowest BCUT2D eigenvalue weighted by Gasteiger charge is -2.05. The zero-order valence-corrected chi connectivity index (χ0v) is 11.3. The molecule has 1 aliphatic carbocycles. The van der Waals surface area contributed by atoms with Crippen molar-refractivity contribution in [2.24, 2.45) is 0 Å². The number of halogens is 1. The van der Waals surface area contributed by atoms with Crippen LogP contribution in [0, 0.1) is 0 Å². The third-order valence-electron chi connectivity index (χ3n) is 2.00. The van der Waals surface area contributed by atoms with Crippen molar-refractivity contribution in [3.63, 3.8) is 0 Å². The Morgan fingerprint density at radius 1 is 0.692 bits per heavy atom. The highest BCUT2D eigenvalue weighted by molar-refractivity contribution is 9.09. The molecule has 0 saturated heterocycles. The van der Waals surface area contributed by atoms with Crippen molar-refractivity contribution in [1.29, 1.82) is 0 Å². The summed E-state index contributed by atoms with van der Waals surface area (Å²) in [5.74, 6) is 0. The zero-order chi connectivity index (χ0) is 10.4. The molecule has 0 spiro atoms. The third-order valence-corrected chi connectivity index (χ3v) is 2.00. The minimum Gasteiger partial charge on any atom is -0.0931 e. The van der Waals surface area contributed by atoms with E-state index in [4.69, 9.17) is 0 Å². The molecule has 0 radical (unpaired) electrons. The SMILES string of the molecule is C1CCCCC1.CCBr.CCCC. The van der Waals surface area contributed by atoms with Crippen molar-refractivity contribution in [3.8, 4) is 0 Å². The van der Waals surface area contributed by atoms with E-state index in [1.807, 2.05) is 6.92 Å². The minimum atomic E-state index is 1.06. The quantitative estimate of drug-likeness (QED) is 0.536. The molecule has 1 fully saturated rings. The van der Waals surface area contributed by atoms with Crippen LogP contribution in [-0.4, -0.2) is 5.33 Å². The first-order valence-corrected chi connectivity index (χ1v) is 7.01. The second-order valence-electron chi connectivity index (χ2n) is 3.39. The average molecular weight is 251 g/mol. The summed E-state index contributed by atoms with van der Waals surface area (Å²) in [6.45, 7) is 6.40. The molecule has 0 aromatic carbocycles. The molecule has 0 aromatic heterocycles. The van der Waals surface area contributed by atoms with Crippen LogP contribution in [0.5, 0.6) is 0 Å². The van der Waals surface area contributed by atoms with E-state index in [1.54, 1.807) is 0 Å². The first kappa shape index (κ1) is 15.9. The Hall–Kier alpha value is 0.480. The van der Waals surface area contributed by atoms with E-state index in [1.165, 1.54) is 51.4 Å². The third kappa shape index (κ3) is 24.5. The van der Waals surface area contributed by atoms with Gasteiger partial charge in [-0.15, -0.1) is 0 Å². The van der Waals surface area contributed by atoms with E-state index < -0.39 is 0 Å². The fourth-order valence-electron chi connectivity index (χ4n) is 1.06.